The summed E-state index contributed by atoms with van der Waals surface area (Å²) in [5, 5.41) is 12.9. The minimum Gasteiger partial charge on any atom is -0.396 e. The van der Waals surface area contributed by atoms with Gasteiger partial charge in [-0.3, -0.25) is 0 Å². The van der Waals surface area contributed by atoms with Gasteiger partial charge in [-0.2, -0.15) is 0 Å². The molecule has 3 nitrogen and oxygen atoms in total. The highest BCUT2D eigenvalue weighted by Gasteiger charge is 2.21. The van der Waals surface area contributed by atoms with Crippen LogP contribution in [0.5, 0.6) is 0 Å². The van der Waals surface area contributed by atoms with Gasteiger partial charge < -0.3 is 15.0 Å². The van der Waals surface area contributed by atoms with E-state index in [9.17, 15) is 5.11 Å². The molecule has 1 aromatic heterocycles. The minimum atomic E-state index is 0.349. The molecule has 2 N–H and O–H groups in total. The molecule has 0 saturated heterocycles. The van der Waals surface area contributed by atoms with Gasteiger partial charge in [-0.25, -0.2) is 0 Å². The molecule has 102 valence electrons. The average Bonchev–Trinajstić information content (AvgIpc) is 2.64. The fourth-order valence-corrected chi connectivity index (χ4v) is 3.01. The van der Waals surface area contributed by atoms with E-state index < -0.39 is 0 Å². The predicted octanol–water partition coefficient (Wildman–Crippen LogP) is 2.28. The van der Waals surface area contributed by atoms with Gasteiger partial charge in [-0.05, 0) is 50.7 Å². The first kappa shape index (κ1) is 13.6. The molecule has 1 aliphatic carbocycles. The van der Waals surface area contributed by atoms with E-state index in [-0.39, 0.29) is 0 Å². The van der Waals surface area contributed by atoms with Crippen LogP contribution in [0.15, 0.2) is 6.07 Å². The summed E-state index contributed by atoms with van der Waals surface area (Å²) in [5.41, 5.74) is 4.08. The quantitative estimate of drug-likeness (QED) is 0.860. The number of aliphatic hydroxyl groups is 1. The molecule has 18 heavy (non-hydrogen) atoms. The Morgan fingerprint density at radius 2 is 2.17 bits per heavy atom. The summed E-state index contributed by atoms with van der Waals surface area (Å²) in [6.45, 7) is 5.64. The van der Waals surface area contributed by atoms with Crippen molar-refractivity contribution in [2.45, 2.75) is 52.1 Å². The molecule has 0 aromatic carbocycles. The van der Waals surface area contributed by atoms with Crippen molar-refractivity contribution in [3.63, 3.8) is 0 Å². The molecule has 1 aromatic rings. The molecule has 1 aliphatic rings. The molecule has 1 fully saturated rings. The SMILES string of the molecule is Cc1cc(CNC2CCCC(CO)C2)c(C)n1C. The van der Waals surface area contributed by atoms with Crippen LogP contribution >= 0.6 is 0 Å². The number of hydrogen-bond donors (Lipinski definition) is 2. The number of aromatic nitrogens is 1. The van der Waals surface area contributed by atoms with Crippen molar-refractivity contribution in [2.24, 2.45) is 13.0 Å². The largest absolute Gasteiger partial charge is 0.396 e. The average molecular weight is 250 g/mol. The van der Waals surface area contributed by atoms with Crippen LogP contribution in [0.2, 0.25) is 0 Å². The summed E-state index contributed by atoms with van der Waals surface area (Å²) in [7, 11) is 2.12. The molecule has 0 aliphatic heterocycles. The molecule has 0 bridgehead atoms. The highest BCUT2D eigenvalue weighted by Crippen LogP contribution is 2.24. The molecule has 1 saturated carbocycles. The predicted molar refractivity (Wildman–Crippen MR) is 74.6 cm³/mol. The maximum Gasteiger partial charge on any atom is 0.0459 e. The van der Waals surface area contributed by atoms with Crippen LogP contribution in [0.1, 0.15) is 42.6 Å². The lowest BCUT2D eigenvalue weighted by atomic mass is 9.86. The fraction of sp³-hybridized carbons (Fsp3) is 0.733. The van der Waals surface area contributed by atoms with Crippen molar-refractivity contribution >= 4 is 0 Å². The maximum absolute atomic E-state index is 9.25. The number of rotatable bonds is 4. The molecular formula is C15H26N2O. The van der Waals surface area contributed by atoms with E-state index in [1.54, 1.807) is 0 Å². The molecule has 2 rings (SSSR count). The monoisotopic (exact) mass is 250 g/mol. The van der Waals surface area contributed by atoms with Crippen molar-refractivity contribution in [3.8, 4) is 0 Å². The van der Waals surface area contributed by atoms with Gasteiger partial charge in [0.2, 0.25) is 0 Å². The molecule has 2 unspecified atom stereocenters. The Hall–Kier alpha value is -0.800. The van der Waals surface area contributed by atoms with E-state index >= 15 is 0 Å². The van der Waals surface area contributed by atoms with Gasteiger partial charge in [0.25, 0.3) is 0 Å². The van der Waals surface area contributed by atoms with E-state index in [0.29, 0.717) is 18.6 Å². The lowest BCUT2D eigenvalue weighted by molar-refractivity contribution is 0.170. The first-order valence-corrected chi connectivity index (χ1v) is 7.08. The summed E-state index contributed by atoms with van der Waals surface area (Å²) < 4.78 is 2.24. The van der Waals surface area contributed by atoms with Crippen molar-refractivity contribution in [3.05, 3.63) is 23.0 Å². The second-order valence-electron chi connectivity index (χ2n) is 5.75. The van der Waals surface area contributed by atoms with Crippen LogP contribution < -0.4 is 5.32 Å². The van der Waals surface area contributed by atoms with Gasteiger partial charge in [0.1, 0.15) is 0 Å². The summed E-state index contributed by atoms with van der Waals surface area (Å²) >= 11 is 0. The first-order chi connectivity index (χ1) is 8.61. The molecule has 2 atom stereocenters. The second kappa shape index (κ2) is 5.89. The maximum atomic E-state index is 9.25. The first-order valence-electron chi connectivity index (χ1n) is 7.08. The van der Waals surface area contributed by atoms with Gasteiger partial charge in [-0.15, -0.1) is 0 Å². The molecule has 3 heteroatoms. The number of aliphatic hydroxyl groups excluding tert-OH is 1. The molecule has 0 radical (unpaired) electrons. The van der Waals surface area contributed by atoms with Gasteiger partial charge >= 0.3 is 0 Å². The Kier molecular flexibility index (Phi) is 4.46. The van der Waals surface area contributed by atoms with Crippen molar-refractivity contribution in [1.82, 2.24) is 9.88 Å². The number of aryl methyl sites for hydroxylation is 1. The second-order valence-corrected chi connectivity index (χ2v) is 5.75. The smallest absolute Gasteiger partial charge is 0.0459 e. The third-order valence-corrected chi connectivity index (χ3v) is 4.50. The summed E-state index contributed by atoms with van der Waals surface area (Å²) in [4.78, 5) is 0. The zero-order valence-electron chi connectivity index (χ0n) is 11.9. The van der Waals surface area contributed by atoms with E-state index in [2.05, 4.69) is 36.8 Å². The molecule has 0 spiro atoms. The van der Waals surface area contributed by atoms with Gasteiger partial charge in [0.15, 0.2) is 0 Å². The van der Waals surface area contributed by atoms with Crippen LogP contribution in [0.3, 0.4) is 0 Å². The van der Waals surface area contributed by atoms with Crippen LogP contribution in [0.4, 0.5) is 0 Å². The van der Waals surface area contributed by atoms with E-state index in [1.165, 1.54) is 36.2 Å². The third kappa shape index (κ3) is 2.96. The van der Waals surface area contributed by atoms with Crippen molar-refractivity contribution in [2.75, 3.05) is 6.61 Å². The van der Waals surface area contributed by atoms with Crippen molar-refractivity contribution in [1.29, 1.82) is 0 Å². The van der Waals surface area contributed by atoms with Crippen LogP contribution in [-0.2, 0) is 13.6 Å². The number of hydrogen-bond acceptors (Lipinski definition) is 2. The Morgan fingerprint density at radius 1 is 1.39 bits per heavy atom. The van der Waals surface area contributed by atoms with E-state index in [0.717, 1.165) is 13.0 Å². The fourth-order valence-electron chi connectivity index (χ4n) is 3.01. The van der Waals surface area contributed by atoms with Gasteiger partial charge in [-0.1, -0.05) is 6.42 Å². The van der Waals surface area contributed by atoms with Crippen LogP contribution in [0, 0.1) is 19.8 Å². The molecule has 1 heterocycles. The standard InChI is InChI=1S/C15H26N2O/c1-11-7-14(12(2)17(11)3)9-16-15-6-4-5-13(8-15)10-18/h7,13,15-16,18H,4-6,8-10H2,1-3H3. The minimum absolute atomic E-state index is 0.349. The Morgan fingerprint density at radius 3 is 2.78 bits per heavy atom. The topological polar surface area (TPSA) is 37.2 Å². The normalized spacial score (nSPS) is 24.4. The Labute approximate surface area is 110 Å². The zero-order chi connectivity index (χ0) is 13.1. The Bertz CT molecular complexity index is 397. The van der Waals surface area contributed by atoms with Gasteiger partial charge in [0, 0.05) is 37.6 Å². The van der Waals surface area contributed by atoms with E-state index in [4.69, 9.17) is 0 Å². The lowest BCUT2D eigenvalue weighted by Gasteiger charge is -2.28. The van der Waals surface area contributed by atoms with Crippen LogP contribution in [0.25, 0.3) is 0 Å². The summed E-state index contributed by atoms with van der Waals surface area (Å²) in [5.74, 6) is 0.509. The summed E-state index contributed by atoms with van der Waals surface area (Å²) in [6, 6.07) is 2.85. The summed E-state index contributed by atoms with van der Waals surface area (Å²) in [6.07, 6.45) is 4.82. The van der Waals surface area contributed by atoms with Crippen LogP contribution in [-0.4, -0.2) is 22.3 Å². The highest BCUT2D eigenvalue weighted by atomic mass is 16.3. The number of nitrogens with zero attached hydrogens (tertiary/aromatic N) is 1. The molecular weight excluding hydrogens is 224 g/mol. The third-order valence-electron chi connectivity index (χ3n) is 4.50. The van der Waals surface area contributed by atoms with Crippen molar-refractivity contribution < 1.29 is 5.11 Å². The van der Waals surface area contributed by atoms with Gasteiger partial charge in [0.05, 0.1) is 0 Å². The Balaban J connectivity index is 1.89. The highest BCUT2D eigenvalue weighted by molar-refractivity contribution is 5.26. The lowest BCUT2D eigenvalue weighted by Crippen LogP contribution is -2.34. The zero-order valence-corrected chi connectivity index (χ0v) is 11.9. The number of nitrogens with one attached hydrogen (secondary N) is 1. The molecule has 0 amide bonds. The van der Waals surface area contributed by atoms with E-state index in [1.807, 2.05) is 0 Å².